The van der Waals surface area contributed by atoms with E-state index < -0.39 is 41.0 Å². The molecule has 0 radical (unpaired) electrons. The van der Waals surface area contributed by atoms with Crippen molar-refractivity contribution in [2.24, 2.45) is 17.8 Å². The second-order valence-corrected chi connectivity index (χ2v) is 12.0. The summed E-state index contributed by atoms with van der Waals surface area (Å²) >= 11 is 0. The summed E-state index contributed by atoms with van der Waals surface area (Å²) in [5, 5.41) is 17.5. The number of rotatable bonds is 10. The minimum atomic E-state index is -1.73. The molecular formula is C35H42N2O6. The fourth-order valence-corrected chi connectivity index (χ4v) is 5.75. The molecule has 1 fully saturated rings. The van der Waals surface area contributed by atoms with Crippen LogP contribution in [0.2, 0.25) is 0 Å². The maximum Gasteiger partial charge on any atom is 0.235 e. The molecule has 3 N–H and O–H groups in total. The van der Waals surface area contributed by atoms with E-state index in [1.54, 1.807) is 36.4 Å². The van der Waals surface area contributed by atoms with Gasteiger partial charge in [-0.2, -0.15) is 0 Å². The zero-order valence-electron chi connectivity index (χ0n) is 25.8. The number of aliphatic hydroxyl groups is 1. The van der Waals surface area contributed by atoms with E-state index in [1.807, 2.05) is 44.2 Å². The highest BCUT2D eigenvalue weighted by Gasteiger charge is 2.56. The van der Waals surface area contributed by atoms with Crippen LogP contribution in [0.3, 0.4) is 0 Å². The lowest BCUT2D eigenvalue weighted by Gasteiger charge is -2.44. The minimum absolute atomic E-state index is 0.352. The van der Waals surface area contributed by atoms with Crippen molar-refractivity contribution in [1.82, 2.24) is 0 Å². The average Bonchev–Trinajstić information content (AvgIpc) is 2.94. The van der Waals surface area contributed by atoms with Gasteiger partial charge in [-0.3, -0.25) is 14.4 Å². The highest BCUT2D eigenvalue weighted by Crippen LogP contribution is 2.48. The number of hydrogen-bond donors (Lipinski definition) is 3. The number of Topliss-reactive ketones (excluding diaryl/α,β-unsaturated/α-hetero) is 1. The van der Waals surface area contributed by atoms with Crippen LogP contribution in [-0.2, 0) is 14.4 Å². The number of carbonyl (C=O) groups is 3. The van der Waals surface area contributed by atoms with E-state index in [4.69, 9.17) is 9.47 Å². The lowest BCUT2D eigenvalue weighted by molar-refractivity contribution is -0.150. The number of amides is 2. The van der Waals surface area contributed by atoms with Crippen molar-refractivity contribution in [2.45, 2.75) is 59.0 Å². The summed E-state index contributed by atoms with van der Waals surface area (Å²) in [5.74, 6) is -3.47. The quantitative estimate of drug-likeness (QED) is 0.249. The van der Waals surface area contributed by atoms with Gasteiger partial charge in [0.1, 0.15) is 11.7 Å². The Bertz CT molecular complexity index is 1480. The number of methoxy groups -OCH3 is 1. The van der Waals surface area contributed by atoms with Gasteiger partial charge in [0.2, 0.25) is 11.8 Å². The first-order chi connectivity index (χ1) is 20.4. The zero-order valence-corrected chi connectivity index (χ0v) is 25.8. The molecular weight excluding hydrogens is 544 g/mol. The van der Waals surface area contributed by atoms with Crippen LogP contribution in [0.4, 0.5) is 11.4 Å². The number of ketones is 1. The van der Waals surface area contributed by atoms with Crippen molar-refractivity contribution >= 4 is 29.0 Å². The van der Waals surface area contributed by atoms with Crippen LogP contribution >= 0.6 is 0 Å². The fraction of sp³-hybridized carbons (Fsp3) is 0.400. The molecule has 0 spiro atoms. The Morgan fingerprint density at radius 3 is 2.07 bits per heavy atom. The molecule has 1 aliphatic rings. The van der Waals surface area contributed by atoms with Gasteiger partial charge in [-0.1, -0.05) is 56.3 Å². The Morgan fingerprint density at radius 2 is 1.51 bits per heavy atom. The van der Waals surface area contributed by atoms with E-state index >= 15 is 0 Å². The van der Waals surface area contributed by atoms with Gasteiger partial charge in [0.25, 0.3) is 0 Å². The Hall–Kier alpha value is -4.17. The van der Waals surface area contributed by atoms with Gasteiger partial charge >= 0.3 is 0 Å². The molecule has 0 bridgehead atoms. The van der Waals surface area contributed by atoms with E-state index in [-0.39, 0.29) is 6.42 Å². The summed E-state index contributed by atoms with van der Waals surface area (Å²) in [6.45, 7) is 9.93. The number of aryl methyl sites for hydroxylation is 2. The van der Waals surface area contributed by atoms with Crippen LogP contribution in [0.5, 0.6) is 11.5 Å². The molecule has 3 aromatic carbocycles. The summed E-state index contributed by atoms with van der Waals surface area (Å²) in [7, 11) is 1.52. The molecule has 43 heavy (non-hydrogen) atoms. The first-order valence-corrected chi connectivity index (χ1v) is 14.7. The summed E-state index contributed by atoms with van der Waals surface area (Å²) < 4.78 is 11.6. The zero-order chi connectivity index (χ0) is 31.3. The second-order valence-electron chi connectivity index (χ2n) is 12.0. The lowest BCUT2D eigenvalue weighted by Crippen LogP contribution is -2.56. The topological polar surface area (TPSA) is 114 Å². The Kier molecular flexibility index (Phi) is 9.91. The van der Waals surface area contributed by atoms with Gasteiger partial charge in [0.05, 0.1) is 25.2 Å². The van der Waals surface area contributed by atoms with Crippen molar-refractivity contribution < 1.29 is 29.0 Å². The van der Waals surface area contributed by atoms with E-state index in [2.05, 4.69) is 24.5 Å². The standard InChI is InChI=1S/C35H42N2O6/c1-21(2)17-18-43-28-16-15-24(19-29(28)42-6)30-31(33(39)36-25-13-9-7-11-22(25)3)27(38)20-35(5,41)32(30)34(40)37-26-14-10-8-12-23(26)4/h7-16,19,21,30-32,41H,17-18,20H2,1-6H3,(H,36,39)(H,37,40). The summed E-state index contributed by atoms with van der Waals surface area (Å²) in [6, 6.07) is 19.8. The minimum Gasteiger partial charge on any atom is -0.493 e. The molecule has 1 saturated carbocycles. The number of carbonyl (C=O) groups excluding carboxylic acids is 3. The van der Waals surface area contributed by atoms with Gasteiger partial charge in [0, 0.05) is 23.7 Å². The maximum absolute atomic E-state index is 14.1. The van der Waals surface area contributed by atoms with Crippen molar-refractivity contribution in [1.29, 1.82) is 0 Å². The van der Waals surface area contributed by atoms with Crippen molar-refractivity contribution in [3.63, 3.8) is 0 Å². The monoisotopic (exact) mass is 586 g/mol. The van der Waals surface area contributed by atoms with Crippen molar-refractivity contribution in [2.75, 3.05) is 24.4 Å². The van der Waals surface area contributed by atoms with Gasteiger partial charge in [-0.25, -0.2) is 0 Å². The van der Waals surface area contributed by atoms with Crippen LogP contribution in [-0.4, -0.2) is 42.0 Å². The molecule has 8 heteroatoms. The van der Waals surface area contributed by atoms with Crippen LogP contribution < -0.4 is 20.1 Å². The molecule has 0 aromatic heterocycles. The molecule has 0 saturated heterocycles. The molecule has 2 amide bonds. The van der Waals surface area contributed by atoms with Gasteiger partial charge in [-0.05, 0) is 74.1 Å². The molecule has 0 aliphatic heterocycles. The van der Waals surface area contributed by atoms with E-state index in [0.717, 1.165) is 17.5 Å². The normalized spacial score (nSPS) is 21.8. The predicted octanol–water partition coefficient (Wildman–Crippen LogP) is 6.05. The fourth-order valence-electron chi connectivity index (χ4n) is 5.75. The molecule has 228 valence electrons. The first kappa shape index (κ1) is 31.8. The molecule has 8 nitrogen and oxygen atoms in total. The molecule has 4 unspecified atom stereocenters. The van der Waals surface area contributed by atoms with Crippen molar-refractivity contribution in [3.05, 3.63) is 83.4 Å². The third-order valence-electron chi connectivity index (χ3n) is 8.16. The SMILES string of the molecule is COc1cc(C2C(C(=O)Nc3ccccc3C)C(=O)CC(C)(O)C2C(=O)Nc2ccccc2C)ccc1OCCC(C)C. The number of benzene rings is 3. The van der Waals surface area contributed by atoms with Crippen LogP contribution in [0.15, 0.2) is 66.7 Å². The second kappa shape index (κ2) is 13.4. The summed E-state index contributed by atoms with van der Waals surface area (Å²) in [6.07, 6.45) is 0.502. The van der Waals surface area contributed by atoms with E-state index in [1.165, 1.54) is 14.0 Å². The summed E-state index contributed by atoms with van der Waals surface area (Å²) in [4.78, 5) is 41.7. The number of anilines is 2. The Balaban J connectivity index is 1.80. The highest BCUT2D eigenvalue weighted by atomic mass is 16.5. The molecule has 4 atom stereocenters. The number of ether oxygens (including phenoxy) is 2. The average molecular weight is 587 g/mol. The third kappa shape index (κ3) is 7.25. The molecule has 0 heterocycles. The molecule has 1 aliphatic carbocycles. The first-order valence-electron chi connectivity index (χ1n) is 14.7. The molecule has 3 aromatic rings. The lowest BCUT2D eigenvalue weighted by atomic mass is 9.61. The predicted molar refractivity (Wildman–Crippen MR) is 168 cm³/mol. The number of nitrogens with one attached hydrogen (secondary N) is 2. The van der Waals surface area contributed by atoms with Crippen LogP contribution in [0, 0.1) is 31.6 Å². The Labute approximate surface area is 253 Å². The van der Waals surface area contributed by atoms with Crippen LogP contribution in [0.1, 0.15) is 56.2 Å². The smallest absolute Gasteiger partial charge is 0.235 e. The molecule has 4 rings (SSSR count). The van der Waals surface area contributed by atoms with E-state index in [0.29, 0.717) is 41.0 Å². The Morgan fingerprint density at radius 1 is 0.930 bits per heavy atom. The van der Waals surface area contributed by atoms with Gasteiger partial charge < -0.3 is 25.2 Å². The maximum atomic E-state index is 14.1. The van der Waals surface area contributed by atoms with Gasteiger partial charge in [-0.15, -0.1) is 0 Å². The summed E-state index contributed by atoms with van der Waals surface area (Å²) in [5.41, 5.74) is 1.62. The van der Waals surface area contributed by atoms with Gasteiger partial charge in [0.15, 0.2) is 11.5 Å². The number of para-hydroxylation sites is 2. The highest BCUT2D eigenvalue weighted by molar-refractivity contribution is 6.10. The van der Waals surface area contributed by atoms with E-state index in [9.17, 15) is 19.5 Å². The number of hydrogen-bond acceptors (Lipinski definition) is 6. The van der Waals surface area contributed by atoms with Crippen molar-refractivity contribution in [3.8, 4) is 11.5 Å². The van der Waals surface area contributed by atoms with Crippen LogP contribution in [0.25, 0.3) is 0 Å². The third-order valence-corrected chi connectivity index (χ3v) is 8.16. The largest absolute Gasteiger partial charge is 0.493 e.